The Hall–Kier alpha value is -3.40. The van der Waals surface area contributed by atoms with Crippen molar-refractivity contribution in [3.63, 3.8) is 0 Å². The van der Waals surface area contributed by atoms with Gasteiger partial charge in [-0.1, -0.05) is 52.3 Å². The highest BCUT2D eigenvalue weighted by Gasteiger charge is 2.17. The minimum Gasteiger partial charge on any atom is -0.506 e. The quantitative estimate of drug-likeness (QED) is 0.150. The number of amides is 1. The summed E-state index contributed by atoms with van der Waals surface area (Å²) in [6.45, 7) is 1.70. The summed E-state index contributed by atoms with van der Waals surface area (Å²) >= 11 is 6.01. The van der Waals surface area contributed by atoms with E-state index >= 15 is 0 Å². The Morgan fingerprint density at radius 3 is 2.21 bits per heavy atom. The van der Waals surface area contributed by atoms with Gasteiger partial charge in [0.2, 0.25) is 5.91 Å². The summed E-state index contributed by atoms with van der Waals surface area (Å²) < 4.78 is 0.959. The number of primary amides is 1. The minimum atomic E-state index is -0.382. The number of benzene rings is 2. The standard InChI is InChI=1S/C29H25BrN2O4S2/c1-17(22-16-37-29(28(22)36)20-7-9-21(30)10-8-20)32-15-24(34)26-13-12-25(38-26)23(33)11-6-18-2-4-19(5-3-18)14-27(31)35/h2-5,7-10,12-13,16,36H,6,11,14-15H2,1H3,(H2,31,35). The number of thiophene rings is 2. The number of aromatic hydroxyl groups is 1. The number of nitrogens with two attached hydrogens (primary N) is 1. The van der Waals surface area contributed by atoms with Crippen LogP contribution in [0.4, 0.5) is 0 Å². The van der Waals surface area contributed by atoms with Gasteiger partial charge in [0, 0.05) is 27.5 Å². The smallest absolute Gasteiger partial charge is 0.221 e. The van der Waals surface area contributed by atoms with Gasteiger partial charge in [-0.3, -0.25) is 19.4 Å². The first-order chi connectivity index (χ1) is 18.2. The van der Waals surface area contributed by atoms with Crippen molar-refractivity contribution >= 4 is 61.8 Å². The van der Waals surface area contributed by atoms with Gasteiger partial charge in [0.1, 0.15) is 12.3 Å². The van der Waals surface area contributed by atoms with Crippen LogP contribution in [-0.4, -0.2) is 34.8 Å². The zero-order chi connectivity index (χ0) is 27.2. The van der Waals surface area contributed by atoms with Crippen LogP contribution in [0.5, 0.6) is 5.75 Å². The van der Waals surface area contributed by atoms with Gasteiger partial charge >= 0.3 is 0 Å². The first kappa shape index (κ1) is 27.6. The van der Waals surface area contributed by atoms with Crippen molar-refractivity contribution in [2.75, 3.05) is 6.54 Å². The molecule has 0 radical (unpaired) electrons. The second-order valence-corrected chi connectivity index (χ2v) is 11.6. The molecule has 4 aromatic rings. The number of carbonyl (C=O) groups is 3. The number of carbonyl (C=O) groups excluding carboxylic acids is 3. The highest BCUT2D eigenvalue weighted by Crippen LogP contribution is 2.39. The Kier molecular flexibility index (Phi) is 9.04. The van der Waals surface area contributed by atoms with Crippen molar-refractivity contribution in [2.24, 2.45) is 10.7 Å². The maximum Gasteiger partial charge on any atom is 0.221 e. The van der Waals surface area contributed by atoms with Crippen LogP contribution in [0.25, 0.3) is 10.4 Å². The van der Waals surface area contributed by atoms with Gasteiger partial charge in [-0.05, 0) is 54.3 Å². The summed E-state index contributed by atoms with van der Waals surface area (Å²) in [6, 6.07) is 18.5. The molecule has 2 aromatic heterocycles. The SMILES string of the molecule is CC(=NCC(=O)c1ccc(C(=O)CCc2ccc(CC(N)=O)cc2)s1)c1csc(-c2ccc(Br)cc2)c1O. The largest absolute Gasteiger partial charge is 0.506 e. The molecule has 0 aliphatic rings. The number of aliphatic imine (C=N–C) groups is 1. The minimum absolute atomic E-state index is 0.0291. The van der Waals surface area contributed by atoms with Gasteiger partial charge in [-0.2, -0.15) is 0 Å². The van der Waals surface area contributed by atoms with Crippen molar-refractivity contribution in [1.82, 2.24) is 0 Å². The average Bonchev–Trinajstić information content (AvgIpc) is 3.54. The molecule has 0 spiro atoms. The van der Waals surface area contributed by atoms with Gasteiger partial charge in [-0.25, -0.2) is 0 Å². The second-order valence-electron chi connectivity index (χ2n) is 8.71. The van der Waals surface area contributed by atoms with Crippen LogP contribution in [0.3, 0.4) is 0 Å². The number of hydrogen-bond donors (Lipinski definition) is 2. The Bertz CT molecular complexity index is 1500. The van der Waals surface area contributed by atoms with Crippen molar-refractivity contribution < 1.29 is 19.5 Å². The Morgan fingerprint density at radius 1 is 0.921 bits per heavy atom. The maximum atomic E-state index is 12.7. The molecule has 0 aliphatic heterocycles. The van der Waals surface area contributed by atoms with E-state index in [2.05, 4.69) is 20.9 Å². The molecule has 0 aliphatic carbocycles. The predicted octanol–water partition coefficient (Wildman–Crippen LogP) is 6.48. The van der Waals surface area contributed by atoms with Gasteiger partial charge in [0.15, 0.2) is 11.6 Å². The molecule has 0 atom stereocenters. The molecular weight excluding hydrogens is 584 g/mol. The average molecular weight is 610 g/mol. The number of rotatable bonds is 11. The van der Waals surface area contributed by atoms with Crippen molar-refractivity contribution in [3.8, 4) is 16.2 Å². The zero-order valence-electron chi connectivity index (χ0n) is 20.6. The lowest BCUT2D eigenvalue weighted by molar-refractivity contribution is -0.117. The Morgan fingerprint density at radius 2 is 1.55 bits per heavy atom. The number of nitrogens with zero attached hydrogens (tertiary/aromatic N) is 1. The van der Waals surface area contributed by atoms with E-state index in [-0.39, 0.29) is 36.2 Å². The molecule has 2 aromatic carbocycles. The van der Waals surface area contributed by atoms with Crippen LogP contribution in [0.1, 0.15) is 49.4 Å². The number of Topliss-reactive ketones (excluding diaryl/α,β-unsaturated/α-hetero) is 2. The van der Waals surface area contributed by atoms with Crippen molar-refractivity contribution in [3.05, 3.63) is 97.0 Å². The molecule has 0 unspecified atom stereocenters. The summed E-state index contributed by atoms with van der Waals surface area (Å²) in [5.74, 6) is -0.440. The lowest BCUT2D eigenvalue weighted by Gasteiger charge is -2.03. The van der Waals surface area contributed by atoms with Crippen molar-refractivity contribution in [2.45, 2.75) is 26.2 Å². The number of halogens is 1. The van der Waals surface area contributed by atoms with E-state index in [1.807, 2.05) is 53.9 Å². The van der Waals surface area contributed by atoms with Gasteiger partial charge in [0.25, 0.3) is 0 Å². The molecule has 3 N–H and O–H groups in total. The second kappa shape index (κ2) is 12.4. The molecule has 0 fully saturated rings. The Labute approximate surface area is 237 Å². The highest BCUT2D eigenvalue weighted by atomic mass is 79.9. The molecule has 4 rings (SSSR count). The molecule has 6 nitrogen and oxygen atoms in total. The van der Waals surface area contributed by atoms with Crippen LogP contribution in [-0.2, 0) is 17.6 Å². The normalized spacial score (nSPS) is 11.5. The third-order valence-corrected chi connectivity index (χ3v) is 8.63. The fraction of sp³-hybridized carbons (Fsp3) is 0.172. The van der Waals surface area contributed by atoms with Crippen LogP contribution in [0.2, 0.25) is 0 Å². The number of ketones is 2. The summed E-state index contributed by atoms with van der Waals surface area (Å²) in [5, 5.41) is 12.6. The molecule has 2 heterocycles. The molecule has 1 amide bonds. The van der Waals surface area contributed by atoms with Crippen LogP contribution >= 0.6 is 38.6 Å². The van der Waals surface area contributed by atoms with E-state index in [1.54, 1.807) is 19.1 Å². The van der Waals surface area contributed by atoms with Crippen molar-refractivity contribution in [1.29, 1.82) is 0 Å². The summed E-state index contributed by atoms with van der Waals surface area (Å²) in [6.07, 6.45) is 1.07. The van der Waals surface area contributed by atoms with Gasteiger partial charge in [0.05, 0.1) is 21.1 Å². The van der Waals surface area contributed by atoms with E-state index in [1.165, 1.54) is 22.7 Å². The third kappa shape index (κ3) is 6.92. The van der Waals surface area contributed by atoms with Crippen LogP contribution in [0, 0.1) is 0 Å². The molecule has 9 heteroatoms. The van der Waals surface area contributed by atoms with E-state index < -0.39 is 0 Å². The first-order valence-electron chi connectivity index (χ1n) is 11.8. The fourth-order valence-electron chi connectivity index (χ4n) is 3.81. The molecule has 38 heavy (non-hydrogen) atoms. The zero-order valence-corrected chi connectivity index (χ0v) is 23.8. The molecule has 194 valence electrons. The van der Waals surface area contributed by atoms with Crippen LogP contribution < -0.4 is 5.73 Å². The lowest BCUT2D eigenvalue weighted by atomic mass is 10.0. The Balaban J connectivity index is 1.34. The number of hydrogen-bond acceptors (Lipinski definition) is 7. The number of aryl methyl sites for hydroxylation is 1. The molecule has 0 saturated carbocycles. The van der Waals surface area contributed by atoms with Gasteiger partial charge in [-0.15, -0.1) is 22.7 Å². The third-order valence-electron chi connectivity index (χ3n) is 5.92. The molecule has 0 bridgehead atoms. The van der Waals surface area contributed by atoms with Crippen LogP contribution in [0.15, 0.2) is 75.5 Å². The van der Waals surface area contributed by atoms with E-state index in [0.29, 0.717) is 33.9 Å². The molecule has 0 saturated heterocycles. The monoisotopic (exact) mass is 608 g/mol. The summed E-state index contributed by atoms with van der Waals surface area (Å²) in [4.78, 5) is 42.6. The predicted molar refractivity (Wildman–Crippen MR) is 157 cm³/mol. The molecular formula is C29H25BrN2O4S2. The topological polar surface area (TPSA) is 110 Å². The van der Waals surface area contributed by atoms with Gasteiger partial charge < -0.3 is 10.8 Å². The van der Waals surface area contributed by atoms with E-state index in [0.717, 1.165) is 26.0 Å². The summed E-state index contributed by atoms with van der Waals surface area (Å²) in [7, 11) is 0. The lowest BCUT2D eigenvalue weighted by Crippen LogP contribution is -2.13. The van der Waals surface area contributed by atoms with E-state index in [9.17, 15) is 19.5 Å². The van der Waals surface area contributed by atoms with E-state index in [4.69, 9.17) is 5.73 Å². The fourth-order valence-corrected chi connectivity index (χ4v) is 5.99. The first-order valence-corrected chi connectivity index (χ1v) is 14.3. The summed E-state index contributed by atoms with van der Waals surface area (Å²) in [5.41, 5.74) is 9.12. The maximum absolute atomic E-state index is 12.7. The highest BCUT2D eigenvalue weighted by molar-refractivity contribution is 9.10.